The zero-order valence-electron chi connectivity index (χ0n) is 11.5. The third kappa shape index (κ3) is 5.02. The minimum Gasteiger partial charge on any atom is -0.349 e. The van der Waals surface area contributed by atoms with Crippen LogP contribution in [0.5, 0.6) is 0 Å². The Morgan fingerprint density at radius 3 is 2.67 bits per heavy atom. The lowest BCUT2D eigenvalue weighted by atomic mass is 10.3. The molecule has 0 aliphatic rings. The van der Waals surface area contributed by atoms with Crippen LogP contribution < -0.4 is 15.8 Å². The first kappa shape index (κ1) is 17.5. The largest absolute Gasteiger partial charge is 0.349 e. The summed E-state index contributed by atoms with van der Waals surface area (Å²) in [6.45, 7) is -0.631. The second-order valence-electron chi connectivity index (χ2n) is 4.47. The van der Waals surface area contributed by atoms with Gasteiger partial charge in [0.1, 0.15) is 4.90 Å². The van der Waals surface area contributed by atoms with E-state index in [4.69, 9.17) is 5.73 Å². The van der Waals surface area contributed by atoms with Crippen molar-refractivity contribution in [2.75, 3.05) is 13.1 Å². The van der Waals surface area contributed by atoms with E-state index in [2.05, 4.69) is 9.82 Å². The lowest BCUT2D eigenvalue weighted by molar-refractivity contribution is -0.124. The van der Waals surface area contributed by atoms with Gasteiger partial charge in [0.05, 0.1) is 25.3 Å². The highest BCUT2D eigenvalue weighted by molar-refractivity contribution is 7.89. The van der Waals surface area contributed by atoms with Crippen molar-refractivity contribution < 1.29 is 22.0 Å². The molecule has 1 heterocycles. The van der Waals surface area contributed by atoms with Gasteiger partial charge in [0.2, 0.25) is 15.9 Å². The van der Waals surface area contributed by atoms with E-state index < -0.39 is 41.0 Å². The average Bonchev–Trinajstić information content (AvgIpc) is 2.83. The number of aromatic nitrogens is 2. The van der Waals surface area contributed by atoms with Crippen molar-refractivity contribution in [3.63, 3.8) is 0 Å². The Kier molecular flexibility index (Phi) is 5.36. The molecule has 8 nitrogen and oxygen atoms in total. The number of hydrogen-bond acceptors (Lipinski definition) is 5. The van der Waals surface area contributed by atoms with Gasteiger partial charge >= 0.3 is 0 Å². The van der Waals surface area contributed by atoms with Gasteiger partial charge in [-0.05, 0) is 6.92 Å². The molecule has 120 valence electrons. The number of amides is 1. The molecule has 0 aromatic carbocycles. The number of sulfonamides is 1. The summed E-state index contributed by atoms with van der Waals surface area (Å²) in [5.41, 5.74) is 4.83. The summed E-state index contributed by atoms with van der Waals surface area (Å²) in [5.74, 6) is -4.12. The SMILES string of the molecule is CC(NS(=O)(=O)c1cnn(C)c1)C(=O)NCC(F)(F)CN. The average molecular weight is 325 g/mol. The number of halogens is 2. The van der Waals surface area contributed by atoms with E-state index in [-0.39, 0.29) is 4.90 Å². The second-order valence-corrected chi connectivity index (χ2v) is 6.18. The first-order valence-corrected chi connectivity index (χ1v) is 7.42. The summed E-state index contributed by atoms with van der Waals surface area (Å²) in [6, 6.07) is -1.22. The summed E-state index contributed by atoms with van der Waals surface area (Å²) < 4.78 is 52.9. The van der Waals surface area contributed by atoms with Crippen LogP contribution in [-0.4, -0.2) is 49.2 Å². The third-order valence-electron chi connectivity index (χ3n) is 2.54. The fraction of sp³-hybridized carbons (Fsp3) is 0.600. The standard InChI is InChI=1S/C10H17F2N5O3S/c1-7(9(18)14-6-10(11,12)5-13)16-21(19,20)8-3-15-17(2)4-8/h3-4,7,16H,5-6,13H2,1-2H3,(H,14,18). The Bertz CT molecular complexity index is 602. The highest BCUT2D eigenvalue weighted by Gasteiger charge is 2.29. The molecule has 1 amide bonds. The highest BCUT2D eigenvalue weighted by Crippen LogP contribution is 2.09. The van der Waals surface area contributed by atoms with Gasteiger partial charge in [-0.15, -0.1) is 0 Å². The predicted octanol–water partition coefficient (Wildman–Crippen LogP) is -1.20. The van der Waals surface area contributed by atoms with Crippen molar-refractivity contribution in [1.29, 1.82) is 0 Å². The molecule has 0 aliphatic heterocycles. The van der Waals surface area contributed by atoms with Gasteiger partial charge in [-0.25, -0.2) is 17.2 Å². The van der Waals surface area contributed by atoms with Gasteiger partial charge in [0.15, 0.2) is 0 Å². The lowest BCUT2D eigenvalue weighted by Gasteiger charge is -2.17. The summed E-state index contributed by atoms with van der Waals surface area (Å²) in [5, 5.41) is 5.63. The van der Waals surface area contributed by atoms with Crippen LogP contribution in [-0.2, 0) is 21.9 Å². The second kappa shape index (κ2) is 6.45. The van der Waals surface area contributed by atoms with E-state index in [0.717, 1.165) is 6.20 Å². The van der Waals surface area contributed by atoms with Gasteiger partial charge in [-0.1, -0.05) is 0 Å². The fourth-order valence-corrected chi connectivity index (χ4v) is 2.52. The lowest BCUT2D eigenvalue weighted by Crippen LogP contribution is -2.49. The zero-order valence-corrected chi connectivity index (χ0v) is 12.3. The number of nitrogens with one attached hydrogen (secondary N) is 2. The zero-order chi connectivity index (χ0) is 16.3. The molecule has 0 spiro atoms. The number of nitrogens with zero attached hydrogens (tertiary/aromatic N) is 2. The Morgan fingerprint density at radius 2 is 2.19 bits per heavy atom. The van der Waals surface area contributed by atoms with Crippen LogP contribution in [0.1, 0.15) is 6.92 Å². The Hall–Kier alpha value is -1.59. The number of nitrogens with two attached hydrogens (primary N) is 1. The normalized spacial score (nSPS) is 14.0. The molecule has 21 heavy (non-hydrogen) atoms. The van der Waals surface area contributed by atoms with Crippen LogP contribution in [0, 0.1) is 0 Å². The smallest absolute Gasteiger partial charge is 0.277 e. The van der Waals surface area contributed by atoms with Crippen LogP contribution >= 0.6 is 0 Å². The van der Waals surface area contributed by atoms with E-state index in [1.165, 1.54) is 24.9 Å². The summed E-state index contributed by atoms with van der Waals surface area (Å²) in [7, 11) is -2.42. The Balaban J connectivity index is 2.64. The molecule has 0 aliphatic carbocycles. The quantitative estimate of drug-likeness (QED) is 0.581. The molecule has 1 unspecified atom stereocenters. The van der Waals surface area contributed by atoms with E-state index in [0.29, 0.717) is 0 Å². The maximum Gasteiger partial charge on any atom is 0.277 e. The van der Waals surface area contributed by atoms with Gasteiger partial charge in [0, 0.05) is 13.2 Å². The van der Waals surface area contributed by atoms with Gasteiger partial charge in [0.25, 0.3) is 5.92 Å². The van der Waals surface area contributed by atoms with E-state index >= 15 is 0 Å². The summed E-state index contributed by atoms with van der Waals surface area (Å²) in [6.07, 6.45) is 2.35. The number of carbonyl (C=O) groups excluding carboxylic acids is 1. The van der Waals surface area contributed by atoms with Crippen molar-refractivity contribution in [3.8, 4) is 0 Å². The summed E-state index contributed by atoms with van der Waals surface area (Å²) in [4.78, 5) is 11.5. The minimum atomic E-state index is -3.95. The number of rotatable bonds is 7. The van der Waals surface area contributed by atoms with Gasteiger partial charge in [-0.2, -0.15) is 9.82 Å². The van der Waals surface area contributed by atoms with Gasteiger partial charge < -0.3 is 11.1 Å². The van der Waals surface area contributed by atoms with E-state index in [1.54, 1.807) is 0 Å². The van der Waals surface area contributed by atoms with Crippen LogP contribution in [0.15, 0.2) is 17.3 Å². The van der Waals surface area contributed by atoms with Crippen LogP contribution in [0.2, 0.25) is 0 Å². The molecule has 0 saturated heterocycles. The molecule has 4 N–H and O–H groups in total. The van der Waals surface area contributed by atoms with Crippen LogP contribution in [0.4, 0.5) is 8.78 Å². The Labute approximate surface area is 120 Å². The topological polar surface area (TPSA) is 119 Å². The van der Waals surface area contributed by atoms with Crippen LogP contribution in [0.3, 0.4) is 0 Å². The van der Waals surface area contributed by atoms with Crippen molar-refractivity contribution in [2.45, 2.75) is 23.8 Å². The first-order valence-electron chi connectivity index (χ1n) is 5.94. The molecule has 1 aromatic heterocycles. The molecule has 0 bridgehead atoms. The molecule has 1 atom stereocenters. The minimum absolute atomic E-state index is 0.128. The summed E-state index contributed by atoms with van der Waals surface area (Å²) >= 11 is 0. The number of alkyl halides is 2. The first-order chi connectivity index (χ1) is 9.57. The maximum atomic E-state index is 12.9. The van der Waals surface area contributed by atoms with Gasteiger partial charge in [-0.3, -0.25) is 9.48 Å². The van der Waals surface area contributed by atoms with E-state index in [1.807, 2.05) is 5.32 Å². The maximum absolute atomic E-state index is 12.9. The molecular weight excluding hydrogens is 308 g/mol. The molecule has 0 saturated carbocycles. The molecule has 1 rings (SSSR count). The molecule has 0 fully saturated rings. The molecule has 11 heteroatoms. The highest BCUT2D eigenvalue weighted by atomic mass is 32.2. The van der Waals surface area contributed by atoms with Crippen LogP contribution in [0.25, 0.3) is 0 Å². The van der Waals surface area contributed by atoms with E-state index in [9.17, 15) is 22.0 Å². The monoisotopic (exact) mass is 325 g/mol. The van der Waals surface area contributed by atoms with Crippen molar-refractivity contribution in [2.24, 2.45) is 12.8 Å². The number of carbonyl (C=O) groups is 1. The molecular formula is C10H17F2N5O3S. The number of hydrogen-bond donors (Lipinski definition) is 3. The molecule has 1 aromatic rings. The fourth-order valence-electron chi connectivity index (χ4n) is 1.33. The Morgan fingerprint density at radius 1 is 1.57 bits per heavy atom. The molecule has 0 radical (unpaired) electrons. The van der Waals surface area contributed by atoms with Crippen molar-refractivity contribution in [3.05, 3.63) is 12.4 Å². The number of aryl methyl sites for hydroxylation is 1. The van der Waals surface area contributed by atoms with Crippen molar-refractivity contribution >= 4 is 15.9 Å². The third-order valence-corrected chi connectivity index (χ3v) is 4.03. The predicted molar refractivity (Wildman–Crippen MR) is 70.0 cm³/mol. The van der Waals surface area contributed by atoms with Crippen molar-refractivity contribution in [1.82, 2.24) is 19.8 Å².